The molecule has 1 fully saturated rings. The van der Waals surface area contributed by atoms with Crippen LogP contribution in [0.5, 0.6) is 0 Å². The van der Waals surface area contributed by atoms with Crippen molar-refractivity contribution < 1.29 is 9.47 Å². The van der Waals surface area contributed by atoms with Gasteiger partial charge in [-0.2, -0.15) is 0 Å². The summed E-state index contributed by atoms with van der Waals surface area (Å²) < 4.78 is 10.4. The summed E-state index contributed by atoms with van der Waals surface area (Å²) >= 11 is 0. The first-order valence-corrected chi connectivity index (χ1v) is 6.90. The minimum atomic E-state index is 0.390. The zero-order chi connectivity index (χ0) is 12.7. The summed E-state index contributed by atoms with van der Waals surface area (Å²) in [4.78, 5) is 0. The van der Waals surface area contributed by atoms with E-state index in [9.17, 15) is 0 Å². The fourth-order valence-corrected chi connectivity index (χ4v) is 2.78. The maximum atomic E-state index is 5.48. The second-order valence-corrected chi connectivity index (χ2v) is 5.43. The van der Waals surface area contributed by atoms with Crippen LogP contribution in [0.25, 0.3) is 0 Å². The third-order valence-corrected chi connectivity index (χ3v) is 4.08. The first-order chi connectivity index (χ1) is 8.17. The summed E-state index contributed by atoms with van der Waals surface area (Å²) in [5, 5.41) is 0. The molecular formula is C15H28O2. The van der Waals surface area contributed by atoms with E-state index in [4.69, 9.17) is 9.47 Å². The molecule has 0 aromatic carbocycles. The summed E-state index contributed by atoms with van der Waals surface area (Å²) in [6, 6.07) is 0. The highest BCUT2D eigenvalue weighted by molar-refractivity contribution is 5.20. The number of unbranched alkanes of at least 4 members (excludes halogenated alkanes) is 3. The largest absolute Gasteiger partial charge is 0.359 e. The number of hydrogen-bond acceptors (Lipinski definition) is 2. The van der Waals surface area contributed by atoms with Crippen LogP contribution in [0, 0.1) is 11.3 Å². The fourth-order valence-electron chi connectivity index (χ4n) is 2.78. The molecule has 1 saturated carbocycles. The van der Waals surface area contributed by atoms with Gasteiger partial charge in [-0.15, -0.1) is 0 Å². The van der Waals surface area contributed by atoms with Crippen LogP contribution in [0.2, 0.25) is 0 Å². The van der Waals surface area contributed by atoms with Crippen molar-refractivity contribution in [3.05, 3.63) is 12.2 Å². The fraction of sp³-hybridized carbons (Fsp3) is 0.867. The Balaban J connectivity index is 2.27. The summed E-state index contributed by atoms with van der Waals surface area (Å²) in [6.45, 7) is 9.86. The Labute approximate surface area is 106 Å². The molecule has 2 atom stereocenters. The van der Waals surface area contributed by atoms with Crippen LogP contribution in [-0.2, 0) is 9.47 Å². The van der Waals surface area contributed by atoms with E-state index in [1.807, 2.05) is 0 Å². The molecule has 0 amide bonds. The first-order valence-electron chi connectivity index (χ1n) is 6.90. The van der Waals surface area contributed by atoms with E-state index in [0.717, 1.165) is 6.61 Å². The van der Waals surface area contributed by atoms with Crippen LogP contribution in [0.4, 0.5) is 0 Å². The van der Waals surface area contributed by atoms with Gasteiger partial charge in [0.05, 0.1) is 6.61 Å². The Bertz CT molecular complexity index is 237. The highest BCUT2D eigenvalue weighted by atomic mass is 16.7. The number of rotatable bonds is 10. The number of hydrogen-bond donors (Lipinski definition) is 0. The zero-order valence-electron chi connectivity index (χ0n) is 11.8. The van der Waals surface area contributed by atoms with Crippen LogP contribution in [0.15, 0.2) is 12.2 Å². The van der Waals surface area contributed by atoms with Gasteiger partial charge in [0.25, 0.3) is 0 Å². The molecule has 17 heavy (non-hydrogen) atoms. The molecule has 0 aliphatic heterocycles. The lowest BCUT2D eigenvalue weighted by Crippen LogP contribution is -2.10. The minimum absolute atomic E-state index is 0.390. The minimum Gasteiger partial charge on any atom is -0.359 e. The van der Waals surface area contributed by atoms with Gasteiger partial charge in [0.15, 0.2) is 0 Å². The highest BCUT2D eigenvalue weighted by Crippen LogP contribution is 2.60. The smallest absolute Gasteiger partial charge is 0.146 e. The van der Waals surface area contributed by atoms with Gasteiger partial charge in [-0.25, -0.2) is 0 Å². The molecule has 0 radical (unpaired) electrons. The van der Waals surface area contributed by atoms with Crippen molar-refractivity contribution in [3.63, 3.8) is 0 Å². The Hall–Kier alpha value is -0.340. The third kappa shape index (κ3) is 4.11. The summed E-state index contributed by atoms with van der Waals surface area (Å²) in [5.41, 5.74) is 1.74. The SMILES string of the molecule is C=C(C)[C@]1(CCCCCC)C[C@H]1COCOC. The van der Waals surface area contributed by atoms with Crippen LogP contribution >= 0.6 is 0 Å². The van der Waals surface area contributed by atoms with Gasteiger partial charge in [-0.1, -0.05) is 44.8 Å². The number of allylic oxidation sites excluding steroid dienone is 1. The normalized spacial score (nSPS) is 27.1. The summed E-state index contributed by atoms with van der Waals surface area (Å²) in [7, 11) is 1.67. The van der Waals surface area contributed by atoms with Crippen LogP contribution < -0.4 is 0 Å². The average molecular weight is 240 g/mol. The lowest BCUT2D eigenvalue weighted by molar-refractivity contribution is -0.0370. The Morgan fingerprint density at radius 1 is 1.35 bits per heavy atom. The van der Waals surface area contributed by atoms with Gasteiger partial charge < -0.3 is 9.47 Å². The monoisotopic (exact) mass is 240 g/mol. The Kier molecular flexibility index (Phi) is 6.21. The standard InChI is InChI=1S/C15H28O2/c1-5-6-7-8-9-15(13(2)3)10-14(15)11-17-12-16-4/h14H,2,5-12H2,1,3-4H3/t14-,15-/m0/s1. The molecule has 0 aromatic heterocycles. The zero-order valence-corrected chi connectivity index (χ0v) is 11.8. The molecule has 1 aliphatic carbocycles. The third-order valence-electron chi connectivity index (χ3n) is 4.08. The number of methoxy groups -OCH3 is 1. The van der Waals surface area contributed by atoms with Crippen LogP contribution in [0.3, 0.4) is 0 Å². The summed E-state index contributed by atoms with van der Waals surface area (Å²) in [5.74, 6) is 0.678. The summed E-state index contributed by atoms with van der Waals surface area (Å²) in [6.07, 6.45) is 7.91. The van der Waals surface area contributed by atoms with Crippen molar-refractivity contribution in [2.75, 3.05) is 20.5 Å². The van der Waals surface area contributed by atoms with Crippen LogP contribution in [0.1, 0.15) is 52.4 Å². The predicted octanol–water partition coefficient (Wildman–Crippen LogP) is 4.16. The molecule has 2 heteroatoms. The molecule has 0 unspecified atom stereocenters. The Morgan fingerprint density at radius 2 is 2.12 bits per heavy atom. The molecule has 0 bridgehead atoms. The van der Waals surface area contributed by atoms with Crippen molar-refractivity contribution in [1.29, 1.82) is 0 Å². The van der Waals surface area contributed by atoms with Gasteiger partial charge in [0.2, 0.25) is 0 Å². The molecule has 1 aliphatic rings. The lowest BCUT2D eigenvalue weighted by Gasteiger charge is -2.17. The Morgan fingerprint density at radius 3 is 2.71 bits per heavy atom. The second-order valence-electron chi connectivity index (χ2n) is 5.43. The van der Waals surface area contributed by atoms with E-state index in [-0.39, 0.29) is 0 Å². The van der Waals surface area contributed by atoms with E-state index in [1.165, 1.54) is 44.1 Å². The first kappa shape index (κ1) is 14.7. The van der Waals surface area contributed by atoms with Crippen molar-refractivity contribution in [3.8, 4) is 0 Å². The molecule has 2 nitrogen and oxygen atoms in total. The van der Waals surface area contributed by atoms with Crippen molar-refractivity contribution in [1.82, 2.24) is 0 Å². The van der Waals surface area contributed by atoms with Crippen molar-refractivity contribution in [2.24, 2.45) is 11.3 Å². The van der Waals surface area contributed by atoms with E-state index in [2.05, 4.69) is 20.4 Å². The van der Waals surface area contributed by atoms with E-state index in [1.54, 1.807) is 7.11 Å². The molecule has 1 rings (SSSR count). The average Bonchev–Trinajstić information content (AvgIpc) is 3.00. The maximum absolute atomic E-state index is 5.48. The van der Waals surface area contributed by atoms with Crippen molar-refractivity contribution >= 4 is 0 Å². The predicted molar refractivity (Wildman–Crippen MR) is 71.9 cm³/mol. The van der Waals surface area contributed by atoms with Gasteiger partial charge >= 0.3 is 0 Å². The van der Waals surface area contributed by atoms with Gasteiger partial charge in [0.1, 0.15) is 6.79 Å². The molecule has 100 valence electrons. The quantitative estimate of drug-likeness (QED) is 0.324. The molecule has 0 heterocycles. The van der Waals surface area contributed by atoms with E-state index in [0.29, 0.717) is 18.1 Å². The number of ether oxygens (including phenoxy) is 2. The molecule has 0 spiro atoms. The van der Waals surface area contributed by atoms with Crippen LogP contribution in [-0.4, -0.2) is 20.5 Å². The van der Waals surface area contributed by atoms with Crippen molar-refractivity contribution in [2.45, 2.75) is 52.4 Å². The molecular weight excluding hydrogens is 212 g/mol. The van der Waals surface area contributed by atoms with E-state index >= 15 is 0 Å². The lowest BCUT2D eigenvalue weighted by atomic mass is 9.89. The van der Waals surface area contributed by atoms with Gasteiger partial charge in [-0.05, 0) is 31.1 Å². The maximum Gasteiger partial charge on any atom is 0.146 e. The topological polar surface area (TPSA) is 18.5 Å². The second kappa shape index (κ2) is 7.17. The van der Waals surface area contributed by atoms with E-state index < -0.39 is 0 Å². The highest BCUT2D eigenvalue weighted by Gasteiger charge is 2.53. The molecule has 0 aromatic rings. The van der Waals surface area contributed by atoms with Gasteiger partial charge in [-0.3, -0.25) is 0 Å². The molecule has 0 N–H and O–H groups in total. The molecule has 0 saturated heterocycles. The van der Waals surface area contributed by atoms with Gasteiger partial charge in [0, 0.05) is 7.11 Å².